The van der Waals surface area contributed by atoms with E-state index < -0.39 is 5.97 Å². The molecule has 0 radical (unpaired) electrons. The van der Waals surface area contributed by atoms with E-state index in [1.165, 1.54) is 0 Å². The van der Waals surface area contributed by atoms with Gasteiger partial charge < -0.3 is 19.6 Å². The van der Waals surface area contributed by atoms with Gasteiger partial charge in [0, 0.05) is 51.7 Å². The number of amides is 1. The first-order valence-electron chi connectivity index (χ1n) is 10.5. The van der Waals surface area contributed by atoms with Crippen LogP contribution in [0.1, 0.15) is 24.8 Å². The SMILES string of the molecule is COc1cccc(CC(=O)N2CC[C@H](N3CCN(C)CC3)[C@H](CCC(=O)O)C2)c1. The lowest BCUT2D eigenvalue weighted by Gasteiger charge is -2.46. The number of benzene rings is 1. The van der Waals surface area contributed by atoms with Crippen molar-refractivity contribution >= 4 is 11.9 Å². The number of carboxylic acid groups (broad SMARTS) is 1. The van der Waals surface area contributed by atoms with E-state index in [-0.39, 0.29) is 18.2 Å². The number of likely N-dealkylation sites (tertiary alicyclic amines) is 1. The summed E-state index contributed by atoms with van der Waals surface area (Å²) in [6.45, 7) is 5.50. The zero-order valence-electron chi connectivity index (χ0n) is 17.5. The van der Waals surface area contributed by atoms with E-state index in [2.05, 4.69) is 16.8 Å². The first kappa shape index (κ1) is 21.6. The molecule has 0 aromatic heterocycles. The molecule has 2 atom stereocenters. The molecule has 7 nitrogen and oxygen atoms in total. The molecule has 1 N–H and O–H groups in total. The van der Waals surface area contributed by atoms with Crippen LogP contribution in [0.3, 0.4) is 0 Å². The van der Waals surface area contributed by atoms with E-state index in [0.717, 1.165) is 50.5 Å². The molecule has 2 aliphatic heterocycles. The molecule has 0 bridgehead atoms. The summed E-state index contributed by atoms with van der Waals surface area (Å²) in [7, 11) is 3.76. The van der Waals surface area contributed by atoms with E-state index >= 15 is 0 Å². The smallest absolute Gasteiger partial charge is 0.303 e. The highest BCUT2D eigenvalue weighted by molar-refractivity contribution is 5.79. The van der Waals surface area contributed by atoms with Gasteiger partial charge in [0.25, 0.3) is 0 Å². The van der Waals surface area contributed by atoms with Crippen LogP contribution in [0, 0.1) is 5.92 Å². The number of carbonyl (C=O) groups excluding carboxylic acids is 1. The zero-order chi connectivity index (χ0) is 20.8. The van der Waals surface area contributed by atoms with Crippen LogP contribution >= 0.6 is 0 Å². The molecule has 2 fully saturated rings. The maximum Gasteiger partial charge on any atom is 0.303 e. The molecule has 1 aromatic rings. The molecular formula is C22H33N3O4. The van der Waals surface area contributed by atoms with Gasteiger partial charge in [0.2, 0.25) is 5.91 Å². The number of methoxy groups -OCH3 is 1. The molecule has 1 aromatic carbocycles. The standard InChI is InChI=1S/C22H33N3O4/c1-23-10-12-24(13-11-23)20-8-9-25(16-18(20)6-7-22(27)28)21(26)15-17-4-3-5-19(14-17)29-2/h3-5,14,18,20H,6-13,15-16H2,1-2H3,(H,27,28)/t18-,20+/m1/s1. The predicted molar refractivity (Wildman–Crippen MR) is 111 cm³/mol. The molecule has 160 valence electrons. The Labute approximate surface area is 173 Å². The van der Waals surface area contributed by atoms with Crippen LogP contribution in [0.15, 0.2) is 24.3 Å². The van der Waals surface area contributed by atoms with Crippen LogP contribution in [0.4, 0.5) is 0 Å². The molecule has 2 aliphatic rings. The van der Waals surface area contributed by atoms with Crippen molar-refractivity contribution in [3.05, 3.63) is 29.8 Å². The Morgan fingerprint density at radius 2 is 1.93 bits per heavy atom. The van der Waals surface area contributed by atoms with Crippen molar-refractivity contribution in [1.29, 1.82) is 0 Å². The summed E-state index contributed by atoms with van der Waals surface area (Å²) in [5, 5.41) is 9.18. The van der Waals surface area contributed by atoms with Crippen LogP contribution in [0.25, 0.3) is 0 Å². The first-order chi connectivity index (χ1) is 14.0. The second kappa shape index (κ2) is 10.1. The van der Waals surface area contributed by atoms with Crippen molar-refractivity contribution in [2.24, 2.45) is 5.92 Å². The molecule has 2 heterocycles. The van der Waals surface area contributed by atoms with Gasteiger partial charge in [-0.2, -0.15) is 0 Å². The summed E-state index contributed by atoms with van der Waals surface area (Å²) in [5.74, 6) is 0.304. The molecule has 0 spiro atoms. The fourth-order valence-electron chi connectivity index (χ4n) is 4.54. The molecule has 1 amide bonds. The summed E-state index contributed by atoms with van der Waals surface area (Å²) < 4.78 is 5.25. The summed E-state index contributed by atoms with van der Waals surface area (Å²) in [6.07, 6.45) is 2.04. The van der Waals surface area contributed by atoms with Crippen LogP contribution < -0.4 is 4.74 Å². The van der Waals surface area contributed by atoms with Crippen molar-refractivity contribution in [2.75, 3.05) is 53.4 Å². The van der Waals surface area contributed by atoms with Gasteiger partial charge in [0.1, 0.15) is 5.75 Å². The average molecular weight is 404 g/mol. The van der Waals surface area contributed by atoms with Crippen LogP contribution in [-0.2, 0) is 16.0 Å². The Morgan fingerprint density at radius 1 is 1.17 bits per heavy atom. The topological polar surface area (TPSA) is 73.3 Å². The molecule has 7 heteroatoms. The van der Waals surface area contributed by atoms with E-state index in [1.807, 2.05) is 29.2 Å². The van der Waals surface area contributed by atoms with E-state index in [9.17, 15) is 14.7 Å². The number of carbonyl (C=O) groups is 2. The van der Waals surface area contributed by atoms with E-state index in [0.29, 0.717) is 25.4 Å². The van der Waals surface area contributed by atoms with Gasteiger partial charge in [-0.25, -0.2) is 0 Å². The summed E-state index contributed by atoms with van der Waals surface area (Å²) in [4.78, 5) is 30.9. The number of aliphatic carboxylic acids is 1. The maximum absolute atomic E-state index is 12.9. The number of piperidine rings is 1. The fourth-order valence-corrected chi connectivity index (χ4v) is 4.54. The number of ether oxygens (including phenoxy) is 1. The molecule has 0 unspecified atom stereocenters. The highest BCUT2D eigenvalue weighted by Gasteiger charge is 2.35. The second-order valence-corrected chi connectivity index (χ2v) is 8.26. The van der Waals surface area contributed by atoms with Crippen molar-refractivity contribution < 1.29 is 19.4 Å². The Balaban J connectivity index is 1.63. The lowest BCUT2D eigenvalue weighted by Crippen LogP contribution is -2.57. The lowest BCUT2D eigenvalue weighted by atomic mass is 9.86. The van der Waals surface area contributed by atoms with Crippen molar-refractivity contribution in [3.63, 3.8) is 0 Å². The van der Waals surface area contributed by atoms with Gasteiger partial charge in [-0.3, -0.25) is 14.5 Å². The van der Waals surface area contributed by atoms with E-state index in [1.54, 1.807) is 7.11 Å². The number of hydrogen-bond acceptors (Lipinski definition) is 5. The van der Waals surface area contributed by atoms with Crippen molar-refractivity contribution in [2.45, 2.75) is 31.7 Å². The van der Waals surface area contributed by atoms with Gasteiger partial charge in [0.15, 0.2) is 0 Å². The van der Waals surface area contributed by atoms with Crippen molar-refractivity contribution in [3.8, 4) is 5.75 Å². The van der Waals surface area contributed by atoms with Crippen molar-refractivity contribution in [1.82, 2.24) is 14.7 Å². The summed E-state index contributed by atoms with van der Waals surface area (Å²) >= 11 is 0. The summed E-state index contributed by atoms with van der Waals surface area (Å²) in [6, 6.07) is 7.98. The quantitative estimate of drug-likeness (QED) is 0.745. The highest BCUT2D eigenvalue weighted by Crippen LogP contribution is 2.28. The van der Waals surface area contributed by atoms with Crippen LogP contribution in [0.2, 0.25) is 0 Å². The third kappa shape index (κ3) is 5.93. The van der Waals surface area contributed by atoms with Gasteiger partial charge in [-0.1, -0.05) is 12.1 Å². The number of nitrogens with zero attached hydrogens (tertiary/aromatic N) is 3. The zero-order valence-corrected chi connectivity index (χ0v) is 17.5. The number of likely N-dealkylation sites (N-methyl/N-ethyl adjacent to an activating group) is 1. The maximum atomic E-state index is 12.9. The Bertz CT molecular complexity index is 703. The minimum Gasteiger partial charge on any atom is -0.497 e. The molecule has 0 saturated carbocycles. The minimum atomic E-state index is -0.762. The van der Waals surface area contributed by atoms with Gasteiger partial charge in [-0.05, 0) is 43.5 Å². The largest absolute Gasteiger partial charge is 0.497 e. The number of hydrogen-bond donors (Lipinski definition) is 1. The van der Waals surface area contributed by atoms with Gasteiger partial charge >= 0.3 is 5.97 Å². The lowest BCUT2D eigenvalue weighted by molar-refractivity contribution is -0.137. The van der Waals surface area contributed by atoms with Gasteiger partial charge in [-0.15, -0.1) is 0 Å². The minimum absolute atomic E-state index is 0.107. The Kier molecular flexibility index (Phi) is 7.50. The second-order valence-electron chi connectivity index (χ2n) is 8.26. The Morgan fingerprint density at radius 3 is 2.62 bits per heavy atom. The first-order valence-corrected chi connectivity index (χ1v) is 10.5. The number of carboxylic acids is 1. The van der Waals surface area contributed by atoms with Crippen LogP contribution in [0.5, 0.6) is 5.75 Å². The highest BCUT2D eigenvalue weighted by atomic mass is 16.5. The number of piperazine rings is 1. The predicted octanol–water partition coefficient (Wildman–Crippen LogP) is 1.57. The normalized spacial score (nSPS) is 23.7. The molecule has 2 saturated heterocycles. The fraction of sp³-hybridized carbons (Fsp3) is 0.636. The summed E-state index contributed by atoms with van der Waals surface area (Å²) in [5.41, 5.74) is 0.942. The third-order valence-electron chi connectivity index (χ3n) is 6.27. The Hall–Kier alpha value is -2.12. The monoisotopic (exact) mass is 403 g/mol. The number of rotatable bonds is 7. The van der Waals surface area contributed by atoms with E-state index in [4.69, 9.17) is 4.74 Å². The average Bonchev–Trinajstić information content (AvgIpc) is 2.72. The van der Waals surface area contributed by atoms with Gasteiger partial charge in [0.05, 0.1) is 13.5 Å². The third-order valence-corrected chi connectivity index (χ3v) is 6.27. The molecule has 3 rings (SSSR count). The molecule has 0 aliphatic carbocycles. The molecular weight excluding hydrogens is 370 g/mol. The molecule has 29 heavy (non-hydrogen) atoms. The van der Waals surface area contributed by atoms with Crippen LogP contribution in [-0.4, -0.2) is 91.2 Å².